The Morgan fingerprint density at radius 2 is 1.70 bits per heavy atom. The Balaban J connectivity index is 1.28. The van der Waals surface area contributed by atoms with Crippen molar-refractivity contribution in [1.82, 2.24) is 24.7 Å². The van der Waals surface area contributed by atoms with Gasteiger partial charge in [-0.1, -0.05) is 30.7 Å². The molecule has 0 bridgehead atoms. The Labute approximate surface area is 224 Å². The van der Waals surface area contributed by atoms with Gasteiger partial charge in [0.15, 0.2) is 0 Å². The number of nitrogens with zero attached hydrogens (tertiary/aromatic N) is 6. The van der Waals surface area contributed by atoms with Gasteiger partial charge in [-0.3, -0.25) is 14.6 Å². The van der Waals surface area contributed by atoms with E-state index in [1.54, 1.807) is 0 Å². The molecule has 7 nitrogen and oxygen atoms in total. The molecule has 37 heavy (non-hydrogen) atoms. The quantitative estimate of drug-likeness (QED) is 0.562. The third-order valence-corrected chi connectivity index (χ3v) is 8.53. The number of benzene rings is 1. The van der Waals surface area contributed by atoms with Crippen molar-refractivity contribution in [2.75, 3.05) is 63.8 Å². The highest BCUT2D eigenvalue weighted by Crippen LogP contribution is 2.44. The first-order chi connectivity index (χ1) is 17.8. The van der Waals surface area contributed by atoms with E-state index in [9.17, 15) is 9.18 Å². The van der Waals surface area contributed by atoms with Gasteiger partial charge in [0, 0.05) is 75.5 Å². The van der Waals surface area contributed by atoms with Crippen LogP contribution in [0.15, 0.2) is 30.6 Å². The Kier molecular flexibility index (Phi) is 7.98. The fourth-order valence-electron chi connectivity index (χ4n) is 6.01. The molecule has 0 spiro atoms. The molecular formula is C28H38ClFN6O. The molecule has 200 valence electrons. The number of anilines is 1. The number of hydrogen-bond donors (Lipinski definition) is 0. The standard InChI is InChI=1S/C28H38ClFN6O/c1-19(2)34-10-8-33(9-11-34)17-23(21-4-6-22(29)7-5-21)28(37)36-14-12-35(13-15-36)27-25-20(3)16-24(30)26(25)31-18-32-27/h4-7,18-20,23-24H,8-17H2,1-3H3/t20-,23+,24+/m1/s1. The van der Waals surface area contributed by atoms with E-state index in [-0.39, 0.29) is 17.7 Å². The van der Waals surface area contributed by atoms with Crippen LogP contribution in [-0.2, 0) is 4.79 Å². The Hall–Kier alpha value is -2.29. The molecule has 0 saturated carbocycles. The molecule has 1 amide bonds. The SMILES string of the molecule is CC(C)N1CCN(C[C@H](C(=O)N2CCN(c3ncnc4c3[C@H](C)C[C@@H]4F)CC2)c2ccc(Cl)cc2)CC1. The van der Waals surface area contributed by atoms with Crippen LogP contribution in [0.2, 0.25) is 5.02 Å². The van der Waals surface area contributed by atoms with Crippen molar-refractivity contribution in [3.8, 4) is 0 Å². The van der Waals surface area contributed by atoms with E-state index in [0.29, 0.717) is 55.9 Å². The molecule has 2 aromatic rings. The minimum Gasteiger partial charge on any atom is -0.353 e. The van der Waals surface area contributed by atoms with Gasteiger partial charge in [0.1, 0.15) is 18.3 Å². The summed E-state index contributed by atoms with van der Waals surface area (Å²) in [4.78, 5) is 31.8. The zero-order chi connectivity index (χ0) is 26.1. The fourth-order valence-corrected chi connectivity index (χ4v) is 6.14. The van der Waals surface area contributed by atoms with Crippen LogP contribution in [0.4, 0.5) is 10.2 Å². The summed E-state index contributed by atoms with van der Waals surface area (Å²) in [6, 6.07) is 8.28. The highest BCUT2D eigenvalue weighted by molar-refractivity contribution is 6.30. The van der Waals surface area contributed by atoms with Crippen molar-refractivity contribution in [1.29, 1.82) is 0 Å². The predicted molar refractivity (Wildman–Crippen MR) is 145 cm³/mol. The number of aromatic nitrogens is 2. The molecular weight excluding hydrogens is 491 g/mol. The lowest BCUT2D eigenvalue weighted by Crippen LogP contribution is -2.53. The van der Waals surface area contributed by atoms with E-state index in [2.05, 4.69) is 38.5 Å². The van der Waals surface area contributed by atoms with Gasteiger partial charge >= 0.3 is 0 Å². The maximum Gasteiger partial charge on any atom is 0.231 e. The lowest BCUT2D eigenvalue weighted by atomic mass is 9.96. The van der Waals surface area contributed by atoms with E-state index >= 15 is 0 Å². The van der Waals surface area contributed by atoms with Crippen LogP contribution in [0.3, 0.4) is 0 Å². The number of hydrogen-bond acceptors (Lipinski definition) is 6. The van der Waals surface area contributed by atoms with Gasteiger partial charge in [-0.05, 0) is 43.9 Å². The van der Waals surface area contributed by atoms with Crippen molar-refractivity contribution in [3.63, 3.8) is 0 Å². The topological polar surface area (TPSA) is 55.8 Å². The normalized spacial score (nSPS) is 23.9. The lowest BCUT2D eigenvalue weighted by Gasteiger charge is -2.40. The summed E-state index contributed by atoms with van der Waals surface area (Å²) >= 11 is 6.17. The number of alkyl halides is 1. The van der Waals surface area contributed by atoms with Crippen LogP contribution in [-0.4, -0.2) is 95.5 Å². The van der Waals surface area contributed by atoms with Gasteiger partial charge in [-0.15, -0.1) is 0 Å². The van der Waals surface area contributed by atoms with Crippen LogP contribution in [0.5, 0.6) is 0 Å². The number of halogens is 2. The summed E-state index contributed by atoms with van der Waals surface area (Å²) in [6.45, 7) is 13.8. The molecule has 2 saturated heterocycles. The van der Waals surface area contributed by atoms with Gasteiger partial charge in [0.25, 0.3) is 0 Å². The maximum absolute atomic E-state index is 14.4. The molecule has 3 atom stereocenters. The Morgan fingerprint density at radius 3 is 2.35 bits per heavy atom. The van der Waals surface area contributed by atoms with Crippen LogP contribution in [0.1, 0.15) is 62.0 Å². The van der Waals surface area contributed by atoms with Gasteiger partial charge in [0.05, 0.1) is 11.6 Å². The molecule has 1 aliphatic carbocycles. The highest BCUT2D eigenvalue weighted by atomic mass is 35.5. The fraction of sp³-hybridized carbons (Fsp3) is 0.607. The summed E-state index contributed by atoms with van der Waals surface area (Å²) in [5, 5.41) is 0.677. The summed E-state index contributed by atoms with van der Waals surface area (Å²) in [5.41, 5.74) is 2.49. The summed E-state index contributed by atoms with van der Waals surface area (Å²) in [6.07, 6.45) is 0.928. The number of fused-ring (bicyclic) bond motifs is 1. The molecule has 5 rings (SSSR count). The molecule has 3 aliphatic rings. The minimum atomic E-state index is -1.02. The number of carbonyl (C=O) groups is 1. The Morgan fingerprint density at radius 1 is 1.03 bits per heavy atom. The van der Waals surface area contributed by atoms with Gasteiger partial charge in [-0.2, -0.15) is 0 Å². The first-order valence-electron chi connectivity index (χ1n) is 13.6. The van der Waals surface area contributed by atoms with Crippen LogP contribution in [0.25, 0.3) is 0 Å². The van der Waals surface area contributed by atoms with Crippen molar-refractivity contribution in [2.45, 2.75) is 51.2 Å². The molecule has 3 heterocycles. The molecule has 2 fully saturated rings. The van der Waals surface area contributed by atoms with E-state index in [1.807, 2.05) is 36.1 Å². The number of piperazine rings is 2. The molecule has 2 aliphatic heterocycles. The largest absolute Gasteiger partial charge is 0.353 e. The zero-order valence-electron chi connectivity index (χ0n) is 22.1. The van der Waals surface area contributed by atoms with Crippen molar-refractivity contribution < 1.29 is 9.18 Å². The minimum absolute atomic E-state index is 0.103. The number of carbonyl (C=O) groups excluding carboxylic acids is 1. The average molecular weight is 529 g/mol. The van der Waals surface area contributed by atoms with E-state index in [1.165, 1.54) is 6.33 Å². The van der Waals surface area contributed by atoms with E-state index in [0.717, 1.165) is 43.1 Å². The summed E-state index contributed by atoms with van der Waals surface area (Å²) < 4.78 is 14.4. The number of rotatable bonds is 6. The molecule has 0 radical (unpaired) electrons. The molecule has 0 unspecified atom stereocenters. The predicted octanol–water partition coefficient (Wildman–Crippen LogP) is 4.11. The molecule has 0 N–H and O–H groups in total. The second-order valence-electron chi connectivity index (χ2n) is 10.9. The van der Waals surface area contributed by atoms with E-state index < -0.39 is 6.17 Å². The van der Waals surface area contributed by atoms with Gasteiger partial charge in [-0.25, -0.2) is 14.4 Å². The smallest absolute Gasteiger partial charge is 0.231 e. The van der Waals surface area contributed by atoms with E-state index in [4.69, 9.17) is 11.6 Å². The zero-order valence-corrected chi connectivity index (χ0v) is 22.9. The monoisotopic (exact) mass is 528 g/mol. The van der Waals surface area contributed by atoms with Crippen LogP contribution >= 0.6 is 11.6 Å². The van der Waals surface area contributed by atoms with Crippen molar-refractivity contribution in [2.24, 2.45) is 0 Å². The average Bonchev–Trinajstić information content (AvgIpc) is 3.21. The second kappa shape index (κ2) is 11.2. The third kappa shape index (κ3) is 5.61. The maximum atomic E-state index is 14.4. The van der Waals surface area contributed by atoms with Crippen LogP contribution < -0.4 is 4.90 Å². The molecule has 9 heteroatoms. The summed E-state index contributed by atoms with van der Waals surface area (Å²) in [5.74, 6) is 0.872. The van der Waals surface area contributed by atoms with Crippen molar-refractivity contribution in [3.05, 3.63) is 52.4 Å². The Bertz CT molecular complexity index is 1080. The second-order valence-corrected chi connectivity index (χ2v) is 11.4. The summed E-state index contributed by atoms with van der Waals surface area (Å²) in [7, 11) is 0. The van der Waals surface area contributed by atoms with Crippen molar-refractivity contribution >= 4 is 23.3 Å². The van der Waals surface area contributed by atoms with Gasteiger partial charge in [0.2, 0.25) is 5.91 Å². The molecule has 1 aromatic carbocycles. The highest BCUT2D eigenvalue weighted by Gasteiger charge is 2.36. The lowest BCUT2D eigenvalue weighted by molar-refractivity contribution is -0.133. The third-order valence-electron chi connectivity index (χ3n) is 8.28. The molecule has 1 aromatic heterocycles. The first-order valence-corrected chi connectivity index (χ1v) is 13.9. The van der Waals surface area contributed by atoms with Gasteiger partial charge < -0.3 is 9.80 Å². The number of amides is 1. The van der Waals surface area contributed by atoms with Crippen LogP contribution in [0, 0.1) is 0 Å². The first kappa shape index (κ1) is 26.3.